The zero-order valence-electron chi connectivity index (χ0n) is 13.0. The minimum atomic E-state index is 0.400. The molecule has 0 spiro atoms. The lowest BCUT2D eigenvalue weighted by Crippen LogP contribution is -2.26. The number of methoxy groups -OCH3 is 1. The van der Waals surface area contributed by atoms with Gasteiger partial charge in [0, 0.05) is 43.6 Å². The highest BCUT2D eigenvalue weighted by Gasteiger charge is 2.23. The molecule has 3 heterocycles. The number of ether oxygens (including phenoxy) is 1. The quantitative estimate of drug-likeness (QED) is 0.909. The van der Waals surface area contributed by atoms with Gasteiger partial charge in [0.15, 0.2) is 0 Å². The van der Waals surface area contributed by atoms with Gasteiger partial charge in [0.2, 0.25) is 5.88 Å². The molecule has 0 amide bonds. The lowest BCUT2D eigenvalue weighted by atomic mass is 10.2. The number of anilines is 1. The van der Waals surface area contributed by atoms with Gasteiger partial charge in [-0.1, -0.05) is 6.07 Å². The van der Waals surface area contributed by atoms with E-state index in [-0.39, 0.29) is 0 Å². The van der Waals surface area contributed by atoms with E-state index in [2.05, 4.69) is 38.2 Å². The van der Waals surface area contributed by atoms with E-state index in [0.29, 0.717) is 11.9 Å². The van der Waals surface area contributed by atoms with Crippen LogP contribution in [0.25, 0.3) is 0 Å². The molecule has 1 fully saturated rings. The minimum absolute atomic E-state index is 0.400. The van der Waals surface area contributed by atoms with Crippen LogP contribution in [-0.4, -0.2) is 46.1 Å². The Kier molecular flexibility index (Phi) is 4.48. The summed E-state index contributed by atoms with van der Waals surface area (Å²) in [5, 5.41) is 3.46. The van der Waals surface area contributed by atoms with Crippen molar-refractivity contribution < 1.29 is 4.74 Å². The molecule has 1 N–H and O–H groups in total. The summed E-state index contributed by atoms with van der Waals surface area (Å²) in [5.74, 6) is 1.40. The number of rotatable bonds is 5. The molecule has 116 valence electrons. The molecule has 0 saturated carbocycles. The molecule has 0 aliphatic carbocycles. The molecule has 1 atom stereocenters. The van der Waals surface area contributed by atoms with E-state index in [1.54, 1.807) is 7.11 Å². The molecule has 3 rings (SSSR count). The lowest BCUT2D eigenvalue weighted by molar-refractivity contribution is 0.327. The van der Waals surface area contributed by atoms with E-state index < -0.39 is 0 Å². The molecule has 1 saturated heterocycles. The molecule has 2 aromatic heterocycles. The van der Waals surface area contributed by atoms with Crippen molar-refractivity contribution in [3.63, 3.8) is 0 Å². The molecule has 1 unspecified atom stereocenters. The third kappa shape index (κ3) is 3.51. The maximum atomic E-state index is 5.12. The van der Waals surface area contributed by atoms with Crippen molar-refractivity contribution in [2.45, 2.75) is 25.9 Å². The maximum absolute atomic E-state index is 5.12. The van der Waals surface area contributed by atoms with Gasteiger partial charge >= 0.3 is 0 Å². The van der Waals surface area contributed by atoms with Gasteiger partial charge in [-0.3, -0.25) is 9.88 Å². The molecular formula is C16H21N5O. The lowest BCUT2D eigenvalue weighted by Gasteiger charge is -2.18. The van der Waals surface area contributed by atoms with Gasteiger partial charge in [0.25, 0.3) is 0 Å². The number of likely N-dealkylation sites (tertiary alicyclic amines) is 1. The van der Waals surface area contributed by atoms with Crippen molar-refractivity contribution in [1.29, 1.82) is 0 Å². The molecule has 1 aliphatic heterocycles. The highest BCUT2D eigenvalue weighted by atomic mass is 16.5. The van der Waals surface area contributed by atoms with Crippen molar-refractivity contribution in [3.8, 4) is 5.88 Å². The second kappa shape index (κ2) is 6.70. The summed E-state index contributed by atoms with van der Waals surface area (Å²) in [7, 11) is 1.61. The summed E-state index contributed by atoms with van der Waals surface area (Å²) in [6.07, 6.45) is 4.47. The Bertz CT molecular complexity index is 633. The Morgan fingerprint density at radius 1 is 1.36 bits per heavy atom. The number of aryl methyl sites for hydroxylation is 1. The molecule has 2 aromatic rings. The van der Waals surface area contributed by atoms with Gasteiger partial charge in [-0.2, -0.15) is 0 Å². The van der Waals surface area contributed by atoms with Crippen LogP contribution in [0.4, 0.5) is 5.82 Å². The Morgan fingerprint density at radius 2 is 2.27 bits per heavy atom. The molecule has 0 aromatic carbocycles. The average molecular weight is 299 g/mol. The Morgan fingerprint density at radius 3 is 3.09 bits per heavy atom. The van der Waals surface area contributed by atoms with E-state index in [0.717, 1.165) is 37.6 Å². The van der Waals surface area contributed by atoms with Gasteiger partial charge in [-0.05, 0) is 25.0 Å². The van der Waals surface area contributed by atoms with E-state index >= 15 is 0 Å². The van der Waals surface area contributed by atoms with Crippen LogP contribution in [0.5, 0.6) is 5.88 Å². The van der Waals surface area contributed by atoms with E-state index in [1.165, 1.54) is 11.9 Å². The third-order valence-electron chi connectivity index (χ3n) is 3.99. The van der Waals surface area contributed by atoms with Crippen molar-refractivity contribution >= 4 is 5.82 Å². The zero-order chi connectivity index (χ0) is 15.4. The van der Waals surface area contributed by atoms with Gasteiger partial charge in [-0.15, -0.1) is 0 Å². The van der Waals surface area contributed by atoms with E-state index in [9.17, 15) is 0 Å². The molecule has 0 bridgehead atoms. The van der Waals surface area contributed by atoms with Crippen LogP contribution < -0.4 is 10.1 Å². The van der Waals surface area contributed by atoms with Crippen molar-refractivity contribution in [1.82, 2.24) is 19.9 Å². The summed E-state index contributed by atoms with van der Waals surface area (Å²) in [5.41, 5.74) is 2.41. The Labute approximate surface area is 130 Å². The summed E-state index contributed by atoms with van der Waals surface area (Å²) < 4.78 is 5.12. The van der Waals surface area contributed by atoms with Gasteiger partial charge in [0.1, 0.15) is 12.1 Å². The van der Waals surface area contributed by atoms with Crippen molar-refractivity contribution in [2.75, 3.05) is 25.5 Å². The van der Waals surface area contributed by atoms with Crippen LogP contribution in [-0.2, 0) is 6.54 Å². The molecule has 0 radical (unpaired) electrons. The summed E-state index contributed by atoms with van der Waals surface area (Å²) >= 11 is 0. The fourth-order valence-electron chi connectivity index (χ4n) is 2.76. The predicted molar refractivity (Wildman–Crippen MR) is 84.9 cm³/mol. The Hall–Kier alpha value is -2.21. The van der Waals surface area contributed by atoms with Crippen molar-refractivity contribution in [3.05, 3.63) is 42.0 Å². The molecule has 6 heteroatoms. The molecule has 1 aliphatic rings. The van der Waals surface area contributed by atoms with E-state index in [4.69, 9.17) is 4.74 Å². The SMILES string of the molecule is COc1cc(NC2CCN(Cc3cccnc3C)C2)ncn1. The number of nitrogens with one attached hydrogen (secondary N) is 1. The first-order chi connectivity index (χ1) is 10.7. The normalized spacial score (nSPS) is 18.4. The second-order valence-corrected chi connectivity index (χ2v) is 5.56. The van der Waals surface area contributed by atoms with Crippen molar-refractivity contribution in [2.24, 2.45) is 0 Å². The Balaban J connectivity index is 1.57. The first-order valence-electron chi connectivity index (χ1n) is 7.50. The average Bonchev–Trinajstić information content (AvgIpc) is 2.97. The molecule has 22 heavy (non-hydrogen) atoms. The number of hydrogen-bond acceptors (Lipinski definition) is 6. The zero-order valence-corrected chi connectivity index (χ0v) is 13.0. The fourth-order valence-corrected chi connectivity index (χ4v) is 2.76. The smallest absolute Gasteiger partial charge is 0.218 e. The number of nitrogens with zero attached hydrogens (tertiary/aromatic N) is 4. The van der Waals surface area contributed by atoms with Gasteiger partial charge in [-0.25, -0.2) is 9.97 Å². The topological polar surface area (TPSA) is 63.2 Å². The number of hydrogen-bond donors (Lipinski definition) is 1. The second-order valence-electron chi connectivity index (χ2n) is 5.56. The first-order valence-corrected chi connectivity index (χ1v) is 7.50. The van der Waals surface area contributed by atoms with Gasteiger partial charge in [0.05, 0.1) is 7.11 Å². The van der Waals surface area contributed by atoms with Crippen LogP contribution in [0.3, 0.4) is 0 Å². The molecule has 6 nitrogen and oxygen atoms in total. The minimum Gasteiger partial charge on any atom is -0.481 e. The monoisotopic (exact) mass is 299 g/mol. The molecular weight excluding hydrogens is 278 g/mol. The fraction of sp³-hybridized carbons (Fsp3) is 0.438. The van der Waals surface area contributed by atoms with Crippen LogP contribution in [0.2, 0.25) is 0 Å². The summed E-state index contributed by atoms with van der Waals surface area (Å²) in [6.45, 7) is 5.09. The predicted octanol–water partition coefficient (Wildman–Crippen LogP) is 1.88. The number of pyridine rings is 1. The standard InChI is InChI=1S/C16H21N5O/c1-12-13(4-3-6-17-12)9-21-7-5-14(10-21)20-15-8-16(22-2)19-11-18-15/h3-4,6,8,11,14H,5,7,9-10H2,1-2H3,(H,18,19,20). The number of aromatic nitrogens is 3. The summed E-state index contributed by atoms with van der Waals surface area (Å²) in [6, 6.07) is 6.38. The highest BCUT2D eigenvalue weighted by Crippen LogP contribution is 2.19. The first kappa shape index (κ1) is 14.7. The third-order valence-corrected chi connectivity index (χ3v) is 3.99. The van der Waals surface area contributed by atoms with E-state index in [1.807, 2.05) is 18.3 Å². The van der Waals surface area contributed by atoms with Crippen LogP contribution in [0.15, 0.2) is 30.7 Å². The summed E-state index contributed by atoms with van der Waals surface area (Å²) in [4.78, 5) is 15.1. The van der Waals surface area contributed by atoms with Crippen LogP contribution in [0, 0.1) is 6.92 Å². The highest BCUT2D eigenvalue weighted by molar-refractivity contribution is 5.38. The van der Waals surface area contributed by atoms with Crippen LogP contribution >= 0.6 is 0 Å². The van der Waals surface area contributed by atoms with Crippen LogP contribution in [0.1, 0.15) is 17.7 Å². The largest absolute Gasteiger partial charge is 0.481 e. The van der Waals surface area contributed by atoms with Gasteiger partial charge < -0.3 is 10.1 Å². The maximum Gasteiger partial charge on any atom is 0.218 e.